The minimum absolute atomic E-state index is 0.0352. The lowest BCUT2D eigenvalue weighted by molar-refractivity contribution is -0.147. The van der Waals surface area contributed by atoms with Gasteiger partial charge in [0.05, 0.1) is 31.3 Å². The largest absolute Gasteiger partial charge is 0.493 e. The fraction of sp³-hybridized carbons (Fsp3) is 0.333. The summed E-state index contributed by atoms with van der Waals surface area (Å²) in [5.41, 5.74) is 1.07. The van der Waals surface area contributed by atoms with Crippen molar-refractivity contribution in [2.45, 2.75) is 39.2 Å². The molecular formula is C24H26BrN3O5. The Bertz CT molecular complexity index is 1250. The molecule has 0 spiro atoms. The first-order chi connectivity index (χ1) is 15.8. The highest BCUT2D eigenvalue weighted by Gasteiger charge is 2.18. The third-order valence-corrected chi connectivity index (χ3v) is 5.73. The molecule has 0 saturated heterocycles. The number of methoxy groups -OCH3 is 2. The van der Waals surface area contributed by atoms with Crippen molar-refractivity contribution in [3.8, 4) is 11.5 Å². The van der Waals surface area contributed by atoms with E-state index in [0.29, 0.717) is 33.8 Å². The number of carbonyl (C=O) groups is 1. The van der Waals surface area contributed by atoms with Crippen LogP contribution in [-0.4, -0.2) is 42.2 Å². The van der Waals surface area contributed by atoms with E-state index in [1.807, 2.05) is 26.0 Å². The standard InChI is InChI=1S/C24H26BrN3O5/c1-6-14(2)22-27-19-9-8-17(25)12-18(19)23(29)28(22)26-13-16-7-10-20(21(11-16)31-4)33-15(3)24(30)32-5/h7-15H,6H2,1-5H3/t14-,15-/m0/s1. The summed E-state index contributed by atoms with van der Waals surface area (Å²) < 4.78 is 17.9. The minimum Gasteiger partial charge on any atom is -0.493 e. The van der Waals surface area contributed by atoms with Crippen molar-refractivity contribution in [3.63, 3.8) is 0 Å². The predicted octanol–water partition coefficient (Wildman–Crippen LogP) is 4.50. The van der Waals surface area contributed by atoms with E-state index in [4.69, 9.17) is 19.2 Å². The summed E-state index contributed by atoms with van der Waals surface area (Å²) in [5, 5.41) is 4.94. The van der Waals surface area contributed by atoms with Gasteiger partial charge in [0, 0.05) is 10.4 Å². The molecule has 0 N–H and O–H groups in total. The lowest BCUT2D eigenvalue weighted by Gasteiger charge is -2.15. The number of benzene rings is 2. The van der Waals surface area contributed by atoms with E-state index in [-0.39, 0.29) is 11.5 Å². The second-order valence-electron chi connectivity index (χ2n) is 7.50. The van der Waals surface area contributed by atoms with E-state index in [2.05, 4.69) is 21.0 Å². The van der Waals surface area contributed by atoms with Crippen LogP contribution in [0.25, 0.3) is 10.9 Å². The zero-order chi connectivity index (χ0) is 24.1. The monoisotopic (exact) mass is 515 g/mol. The number of hydrogen-bond donors (Lipinski definition) is 0. The summed E-state index contributed by atoms with van der Waals surface area (Å²) in [6.07, 6.45) is 1.58. The van der Waals surface area contributed by atoms with Gasteiger partial charge in [0.15, 0.2) is 17.6 Å². The van der Waals surface area contributed by atoms with Crippen molar-refractivity contribution >= 4 is 39.0 Å². The number of nitrogens with zero attached hydrogens (tertiary/aromatic N) is 3. The van der Waals surface area contributed by atoms with Gasteiger partial charge in [-0.25, -0.2) is 9.78 Å². The molecule has 0 radical (unpaired) electrons. The first kappa shape index (κ1) is 24.4. The van der Waals surface area contributed by atoms with Crippen molar-refractivity contribution in [1.29, 1.82) is 0 Å². The highest BCUT2D eigenvalue weighted by molar-refractivity contribution is 9.10. The molecule has 8 nitrogen and oxygen atoms in total. The van der Waals surface area contributed by atoms with Crippen LogP contribution in [0.5, 0.6) is 11.5 Å². The van der Waals surface area contributed by atoms with E-state index in [0.717, 1.165) is 10.9 Å². The molecule has 0 aliphatic rings. The van der Waals surface area contributed by atoms with Gasteiger partial charge in [-0.1, -0.05) is 29.8 Å². The normalized spacial score (nSPS) is 13.2. The first-order valence-electron chi connectivity index (χ1n) is 10.5. The smallest absolute Gasteiger partial charge is 0.346 e. The Hall–Kier alpha value is -3.20. The highest BCUT2D eigenvalue weighted by Crippen LogP contribution is 2.29. The number of halogens is 1. The fourth-order valence-corrected chi connectivity index (χ4v) is 3.53. The Balaban J connectivity index is 2.02. The van der Waals surface area contributed by atoms with Gasteiger partial charge in [-0.3, -0.25) is 4.79 Å². The fourth-order valence-electron chi connectivity index (χ4n) is 3.17. The lowest BCUT2D eigenvalue weighted by atomic mass is 10.1. The van der Waals surface area contributed by atoms with Crippen molar-refractivity contribution in [1.82, 2.24) is 9.66 Å². The molecule has 1 aromatic heterocycles. The second kappa shape index (κ2) is 10.6. The minimum atomic E-state index is -0.789. The van der Waals surface area contributed by atoms with Crippen LogP contribution in [0.15, 0.2) is 50.8 Å². The van der Waals surface area contributed by atoms with Gasteiger partial charge in [-0.15, -0.1) is 0 Å². The van der Waals surface area contributed by atoms with Crippen LogP contribution in [0.4, 0.5) is 0 Å². The molecular weight excluding hydrogens is 490 g/mol. The Morgan fingerprint density at radius 2 is 1.94 bits per heavy atom. The maximum absolute atomic E-state index is 13.2. The summed E-state index contributed by atoms with van der Waals surface area (Å²) >= 11 is 3.41. The Kier molecular flexibility index (Phi) is 7.86. The number of hydrogen-bond acceptors (Lipinski definition) is 7. The van der Waals surface area contributed by atoms with E-state index >= 15 is 0 Å². The predicted molar refractivity (Wildman–Crippen MR) is 131 cm³/mol. The molecule has 33 heavy (non-hydrogen) atoms. The molecule has 3 aromatic rings. The molecule has 174 valence electrons. The Morgan fingerprint density at radius 3 is 2.61 bits per heavy atom. The summed E-state index contributed by atoms with van der Waals surface area (Å²) in [5.74, 6) is 0.947. The number of ether oxygens (including phenoxy) is 3. The van der Waals surface area contributed by atoms with Crippen molar-refractivity contribution in [2.75, 3.05) is 14.2 Å². The van der Waals surface area contributed by atoms with Gasteiger partial charge < -0.3 is 14.2 Å². The van der Waals surface area contributed by atoms with Gasteiger partial charge in [0.25, 0.3) is 5.56 Å². The Labute approximate surface area is 200 Å². The molecule has 2 atom stereocenters. The van der Waals surface area contributed by atoms with E-state index in [1.54, 1.807) is 37.4 Å². The number of fused-ring (bicyclic) bond motifs is 1. The second-order valence-corrected chi connectivity index (χ2v) is 8.41. The van der Waals surface area contributed by atoms with Crippen LogP contribution in [0.2, 0.25) is 0 Å². The third-order valence-electron chi connectivity index (χ3n) is 5.23. The SMILES string of the molecule is CC[C@H](C)c1nc2ccc(Br)cc2c(=O)n1N=Cc1ccc(O[C@@H](C)C(=O)OC)c(OC)c1. The quantitative estimate of drug-likeness (QED) is 0.323. The van der Waals surface area contributed by atoms with Gasteiger partial charge in [-0.2, -0.15) is 9.78 Å². The van der Waals surface area contributed by atoms with Gasteiger partial charge in [0.2, 0.25) is 0 Å². The van der Waals surface area contributed by atoms with Gasteiger partial charge in [-0.05, 0) is 55.3 Å². The lowest BCUT2D eigenvalue weighted by Crippen LogP contribution is -2.25. The molecule has 3 rings (SSSR count). The van der Waals surface area contributed by atoms with Gasteiger partial charge >= 0.3 is 5.97 Å². The van der Waals surface area contributed by atoms with Crippen LogP contribution >= 0.6 is 15.9 Å². The third kappa shape index (κ3) is 5.42. The van der Waals surface area contributed by atoms with E-state index < -0.39 is 12.1 Å². The zero-order valence-corrected chi connectivity index (χ0v) is 20.8. The van der Waals surface area contributed by atoms with Crippen LogP contribution in [0.3, 0.4) is 0 Å². The molecule has 0 amide bonds. The molecule has 0 bridgehead atoms. The topological polar surface area (TPSA) is 92.0 Å². The summed E-state index contributed by atoms with van der Waals surface area (Å²) in [6.45, 7) is 5.64. The maximum atomic E-state index is 13.2. The average molecular weight is 516 g/mol. The molecule has 0 saturated carbocycles. The molecule has 0 aliphatic carbocycles. The van der Waals surface area contributed by atoms with Crippen LogP contribution < -0.4 is 15.0 Å². The highest BCUT2D eigenvalue weighted by atomic mass is 79.9. The van der Waals surface area contributed by atoms with Crippen LogP contribution in [0, 0.1) is 0 Å². The van der Waals surface area contributed by atoms with Crippen molar-refractivity contribution < 1.29 is 19.0 Å². The molecule has 1 heterocycles. The Morgan fingerprint density at radius 1 is 1.18 bits per heavy atom. The van der Waals surface area contributed by atoms with Gasteiger partial charge in [0.1, 0.15) is 5.82 Å². The van der Waals surface area contributed by atoms with Crippen molar-refractivity contribution in [2.24, 2.45) is 5.10 Å². The molecule has 0 fully saturated rings. The van der Waals surface area contributed by atoms with Crippen molar-refractivity contribution in [3.05, 3.63) is 62.6 Å². The maximum Gasteiger partial charge on any atom is 0.346 e. The van der Waals surface area contributed by atoms with E-state index in [1.165, 1.54) is 18.9 Å². The van der Waals surface area contributed by atoms with Crippen LogP contribution in [0.1, 0.15) is 44.5 Å². The number of aromatic nitrogens is 2. The number of rotatable bonds is 8. The molecule has 0 unspecified atom stereocenters. The number of esters is 1. The first-order valence-corrected chi connectivity index (χ1v) is 11.3. The van der Waals surface area contributed by atoms with Crippen LogP contribution in [-0.2, 0) is 9.53 Å². The molecule has 9 heteroatoms. The molecule has 0 aliphatic heterocycles. The summed E-state index contributed by atoms with van der Waals surface area (Å²) in [4.78, 5) is 29.6. The average Bonchev–Trinajstić information content (AvgIpc) is 2.83. The summed E-state index contributed by atoms with van der Waals surface area (Å²) in [6, 6.07) is 10.6. The van der Waals surface area contributed by atoms with E-state index in [9.17, 15) is 9.59 Å². The zero-order valence-electron chi connectivity index (χ0n) is 19.2. The number of carbonyl (C=O) groups excluding carboxylic acids is 1. The summed E-state index contributed by atoms with van der Waals surface area (Å²) in [7, 11) is 2.80. The molecule has 2 aromatic carbocycles.